The first-order valence-corrected chi connectivity index (χ1v) is 10.7. The Morgan fingerprint density at radius 2 is 2.11 bits per heavy atom. The van der Waals surface area contributed by atoms with Gasteiger partial charge in [0.2, 0.25) is 10.0 Å². The summed E-state index contributed by atoms with van der Waals surface area (Å²) in [7, 11) is -3.63. The third-order valence-electron chi connectivity index (χ3n) is 4.85. The molecule has 150 valence electrons. The van der Waals surface area contributed by atoms with Gasteiger partial charge in [-0.2, -0.15) is 4.31 Å². The zero-order valence-corrected chi connectivity index (χ0v) is 16.2. The van der Waals surface area contributed by atoms with Crippen LogP contribution in [0.25, 0.3) is 0 Å². The van der Waals surface area contributed by atoms with Crippen molar-refractivity contribution in [2.75, 3.05) is 31.6 Å². The minimum atomic E-state index is -3.63. The molecular formula is C18H26N2O6S. The van der Waals surface area contributed by atoms with Crippen molar-refractivity contribution in [3.8, 4) is 5.75 Å². The number of phenolic OH excluding ortho intramolecular Hbond substituents is 1. The summed E-state index contributed by atoms with van der Waals surface area (Å²) in [5, 5.41) is 12.6. The van der Waals surface area contributed by atoms with E-state index in [0.29, 0.717) is 26.3 Å². The van der Waals surface area contributed by atoms with Crippen LogP contribution in [0, 0.1) is 0 Å². The summed E-state index contributed by atoms with van der Waals surface area (Å²) in [4.78, 5) is 12.4. The van der Waals surface area contributed by atoms with Crippen molar-refractivity contribution >= 4 is 21.6 Å². The largest absolute Gasteiger partial charge is 0.506 e. The minimum Gasteiger partial charge on any atom is -0.506 e. The third-order valence-corrected chi connectivity index (χ3v) is 6.75. The van der Waals surface area contributed by atoms with Gasteiger partial charge in [0.25, 0.3) is 5.91 Å². The summed E-state index contributed by atoms with van der Waals surface area (Å²) in [5.74, 6) is -0.658. The average molecular weight is 398 g/mol. The molecule has 2 aliphatic heterocycles. The number of amides is 1. The number of sulfonamides is 1. The Balaban J connectivity index is 1.65. The standard InChI is InChI=1S/C18H26N2O6S/c1-13(26-12-14-5-4-10-25-14)18(22)19-16-11-15(6-7-17(16)21)27(23,24)20-8-2-3-9-20/h6-7,11,13-14,21H,2-5,8-10,12H2,1H3,(H,19,22). The summed E-state index contributed by atoms with van der Waals surface area (Å²) < 4.78 is 37.7. The molecule has 0 spiro atoms. The van der Waals surface area contributed by atoms with E-state index in [0.717, 1.165) is 25.7 Å². The quantitative estimate of drug-likeness (QED) is 0.678. The van der Waals surface area contributed by atoms with Crippen molar-refractivity contribution in [3.63, 3.8) is 0 Å². The molecule has 0 saturated carbocycles. The Bertz CT molecular complexity index is 770. The van der Waals surface area contributed by atoms with Gasteiger partial charge < -0.3 is 19.9 Å². The predicted molar refractivity (Wildman–Crippen MR) is 99.1 cm³/mol. The number of hydrogen-bond donors (Lipinski definition) is 2. The highest BCUT2D eigenvalue weighted by atomic mass is 32.2. The molecule has 2 fully saturated rings. The van der Waals surface area contributed by atoms with Crippen molar-refractivity contribution in [3.05, 3.63) is 18.2 Å². The molecule has 8 nitrogen and oxygen atoms in total. The molecule has 2 saturated heterocycles. The second-order valence-corrected chi connectivity index (χ2v) is 8.83. The first-order valence-electron chi connectivity index (χ1n) is 9.25. The second-order valence-electron chi connectivity index (χ2n) is 6.89. The monoisotopic (exact) mass is 398 g/mol. The molecular weight excluding hydrogens is 372 g/mol. The maximum atomic E-state index is 12.7. The Morgan fingerprint density at radius 1 is 1.37 bits per heavy atom. The normalized spacial score (nSPS) is 22.0. The number of benzene rings is 1. The average Bonchev–Trinajstić information content (AvgIpc) is 3.35. The van der Waals surface area contributed by atoms with Gasteiger partial charge in [-0.05, 0) is 50.8 Å². The number of anilines is 1. The number of nitrogens with one attached hydrogen (secondary N) is 1. The van der Waals surface area contributed by atoms with Gasteiger partial charge in [-0.15, -0.1) is 0 Å². The van der Waals surface area contributed by atoms with Gasteiger partial charge >= 0.3 is 0 Å². The maximum absolute atomic E-state index is 12.7. The topological polar surface area (TPSA) is 105 Å². The fraction of sp³-hybridized carbons (Fsp3) is 0.611. The lowest BCUT2D eigenvalue weighted by Crippen LogP contribution is -2.31. The molecule has 2 aliphatic rings. The molecule has 2 heterocycles. The number of nitrogens with zero attached hydrogens (tertiary/aromatic N) is 1. The van der Waals surface area contributed by atoms with Crippen LogP contribution >= 0.6 is 0 Å². The van der Waals surface area contributed by atoms with Crippen molar-refractivity contribution < 1.29 is 27.8 Å². The van der Waals surface area contributed by atoms with E-state index >= 15 is 0 Å². The number of carbonyl (C=O) groups excluding carboxylic acids is 1. The van der Waals surface area contributed by atoms with E-state index in [1.54, 1.807) is 6.92 Å². The van der Waals surface area contributed by atoms with Gasteiger partial charge in [0.05, 0.1) is 23.3 Å². The lowest BCUT2D eigenvalue weighted by molar-refractivity contribution is -0.128. The van der Waals surface area contributed by atoms with Gasteiger partial charge in [0.1, 0.15) is 11.9 Å². The molecule has 9 heteroatoms. The summed E-state index contributed by atoms with van der Waals surface area (Å²) >= 11 is 0. The number of rotatable bonds is 7. The molecule has 2 N–H and O–H groups in total. The Morgan fingerprint density at radius 3 is 2.78 bits per heavy atom. The molecule has 1 amide bonds. The van der Waals surface area contributed by atoms with Crippen molar-refractivity contribution in [1.82, 2.24) is 4.31 Å². The number of carbonyl (C=O) groups is 1. The van der Waals surface area contributed by atoms with Crippen LogP contribution in [0.1, 0.15) is 32.6 Å². The Hall–Kier alpha value is -1.68. The molecule has 0 bridgehead atoms. The van der Waals surface area contributed by atoms with Gasteiger partial charge in [-0.25, -0.2) is 8.42 Å². The van der Waals surface area contributed by atoms with Gasteiger partial charge in [0, 0.05) is 19.7 Å². The van der Waals surface area contributed by atoms with Crippen molar-refractivity contribution in [2.45, 2.75) is 49.7 Å². The Kier molecular flexibility index (Phi) is 6.36. The second kappa shape index (κ2) is 8.55. The molecule has 3 rings (SSSR count). The van der Waals surface area contributed by atoms with Crippen molar-refractivity contribution in [1.29, 1.82) is 0 Å². The van der Waals surface area contributed by atoms with Crippen LogP contribution in [0.15, 0.2) is 23.1 Å². The van der Waals surface area contributed by atoms with Crippen LogP contribution in [-0.4, -0.2) is 62.2 Å². The molecule has 0 aliphatic carbocycles. The van der Waals surface area contributed by atoms with Crippen LogP contribution < -0.4 is 5.32 Å². The van der Waals surface area contributed by atoms with Crippen molar-refractivity contribution in [2.24, 2.45) is 0 Å². The zero-order valence-electron chi connectivity index (χ0n) is 15.4. The van der Waals surface area contributed by atoms with Crippen LogP contribution in [0.2, 0.25) is 0 Å². The fourth-order valence-electron chi connectivity index (χ4n) is 3.19. The number of hydrogen-bond acceptors (Lipinski definition) is 6. The maximum Gasteiger partial charge on any atom is 0.253 e. The molecule has 27 heavy (non-hydrogen) atoms. The van der Waals surface area contributed by atoms with Crippen LogP contribution in [0.3, 0.4) is 0 Å². The number of ether oxygens (including phenoxy) is 2. The van der Waals surface area contributed by atoms with Crippen LogP contribution in [0.5, 0.6) is 5.75 Å². The minimum absolute atomic E-state index is 0.00239. The summed E-state index contributed by atoms with van der Waals surface area (Å²) in [6.45, 7) is 3.61. The van der Waals surface area contributed by atoms with Gasteiger partial charge in [-0.1, -0.05) is 0 Å². The van der Waals surface area contributed by atoms with E-state index in [2.05, 4.69) is 5.32 Å². The lowest BCUT2D eigenvalue weighted by Gasteiger charge is -2.18. The van der Waals surface area contributed by atoms with Crippen LogP contribution in [0.4, 0.5) is 5.69 Å². The SMILES string of the molecule is CC(OCC1CCCO1)C(=O)Nc1cc(S(=O)(=O)N2CCCC2)ccc1O. The number of phenols is 1. The molecule has 2 atom stereocenters. The summed E-state index contributed by atoms with van der Waals surface area (Å²) in [5.41, 5.74) is 0.0489. The van der Waals surface area contributed by atoms with Gasteiger partial charge in [-0.3, -0.25) is 4.79 Å². The zero-order chi connectivity index (χ0) is 19.4. The first-order chi connectivity index (χ1) is 12.9. The molecule has 1 aromatic rings. The smallest absolute Gasteiger partial charge is 0.253 e. The van der Waals surface area contributed by atoms with E-state index in [-0.39, 0.29) is 22.4 Å². The lowest BCUT2D eigenvalue weighted by atomic mass is 10.2. The molecule has 1 aromatic carbocycles. The van der Waals surface area contributed by atoms with Crippen LogP contribution in [-0.2, 0) is 24.3 Å². The first kappa shape index (κ1) is 20.1. The Labute approximate surface area is 159 Å². The van der Waals surface area contributed by atoms with Gasteiger partial charge in [0.15, 0.2) is 0 Å². The molecule has 2 unspecified atom stereocenters. The van der Waals surface area contributed by atoms with E-state index < -0.39 is 22.0 Å². The summed E-state index contributed by atoms with van der Waals surface area (Å²) in [6.07, 6.45) is 2.81. The third kappa shape index (κ3) is 4.78. The van der Waals surface area contributed by atoms with E-state index in [1.165, 1.54) is 22.5 Å². The highest BCUT2D eigenvalue weighted by Crippen LogP contribution is 2.29. The fourth-order valence-corrected chi connectivity index (χ4v) is 4.73. The molecule has 0 radical (unpaired) electrons. The summed E-state index contributed by atoms with van der Waals surface area (Å²) in [6, 6.07) is 3.90. The van der Waals surface area contributed by atoms with E-state index in [4.69, 9.17) is 9.47 Å². The predicted octanol–water partition coefficient (Wildman–Crippen LogP) is 1.70. The highest BCUT2D eigenvalue weighted by molar-refractivity contribution is 7.89. The highest BCUT2D eigenvalue weighted by Gasteiger charge is 2.28. The molecule has 0 aromatic heterocycles. The van der Waals surface area contributed by atoms with E-state index in [9.17, 15) is 18.3 Å². The number of aromatic hydroxyl groups is 1. The van der Waals surface area contributed by atoms with E-state index in [1.807, 2.05) is 0 Å².